The second-order valence-electron chi connectivity index (χ2n) is 4.99. The van der Waals surface area contributed by atoms with E-state index >= 15 is 0 Å². The molecule has 0 bridgehead atoms. The van der Waals surface area contributed by atoms with Crippen LogP contribution in [0.15, 0.2) is 24.3 Å². The van der Waals surface area contributed by atoms with E-state index in [-0.39, 0.29) is 12.5 Å². The molecule has 0 spiro atoms. The van der Waals surface area contributed by atoms with Crippen LogP contribution in [0.25, 0.3) is 0 Å². The number of benzene rings is 1. The van der Waals surface area contributed by atoms with E-state index in [2.05, 4.69) is 12.2 Å². The van der Waals surface area contributed by atoms with Gasteiger partial charge in [-0.25, -0.2) is 0 Å². The number of rotatable bonds is 2. The minimum absolute atomic E-state index is 0.0925. The quantitative estimate of drug-likeness (QED) is 0.818. The highest BCUT2D eigenvalue weighted by molar-refractivity contribution is 5.86. The second kappa shape index (κ2) is 5.40. The predicted molar refractivity (Wildman–Crippen MR) is 71.6 cm³/mol. The maximum absolute atomic E-state index is 12.0. The number of carbonyl (C=O) groups is 1. The van der Waals surface area contributed by atoms with Crippen molar-refractivity contribution in [1.82, 2.24) is 5.32 Å². The number of hydrogen-bond donors (Lipinski definition) is 2. The fourth-order valence-electron chi connectivity index (χ4n) is 2.40. The van der Waals surface area contributed by atoms with Gasteiger partial charge in [0.05, 0.1) is 6.61 Å². The summed E-state index contributed by atoms with van der Waals surface area (Å²) in [7, 11) is 0. The first-order valence-corrected chi connectivity index (χ1v) is 6.34. The van der Waals surface area contributed by atoms with Gasteiger partial charge in [0.2, 0.25) is 5.91 Å². The van der Waals surface area contributed by atoms with E-state index in [4.69, 9.17) is 0 Å². The monoisotopic (exact) mass is 248 g/mol. The van der Waals surface area contributed by atoms with E-state index in [1.54, 1.807) is 0 Å². The van der Waals surface area contributed by atoms with E-state index in [1.807, 2.05) is 36.1 Å². The third kappa shape index (κ3) is 2.48. The Morgan fingerprint density at radius 2 is 2.17 bits per heavy atom. The van der Waals surface area contributed by atoms with E-state index < -0.39 is 6.04 Å². The van der Waals surface area contributed by atoms with E-state index in [0.29, 0.717) is 12.5 Å². The number of nitrogens with one attached hydrogen (secondary N) is 1. The van der Waals surface area contributed by atoms with Gasteiger partial charge in [-0.3, -0.25) is 4.79 Å². The lowest BCUT2D eigenvalue weighted by Crippen LogP contribution is -2.47. The highest BCUT2D eigenvalue weighted by atomic mass is 16.3. The molecule has 0 radical (unpaired) electrons. The average molecular weight is 248 g/mol. The molecule has 0 aromatic heterocycles. The van der Waals surface area contributed by atoms with Crippen LogP contribution in [0.5, 0.6) is 0 Å². The molecule has 18 heavy (non-hydrogen) atoms. The molecule has 1 fully saturated rings. The molecule has 1 aliphatic heterocycles. The summed E-state index contributed by atoms with van der Waals surface area (Å²) < 4.78 is 0. The van der Waals surface area contributed by atoms with Crippen LogP contribution in [0.1, 0.15) is 12.5 Å². The lowest BCUT2D eigenvalue weighted by Gasteiger charge is -2.31. The summed E-state index contributed by atoms with van der Waals surface area (Å²) in [6.45, 7) is 5.40. The summed E-state index contributed by atoms with van der Waals surface area (Å²) in [4.78, 5) is 14.0. The molecule has 1 heterocycles. The van der Waals surface area contributed by atoms with Gasteiger partial charge in [-0.15, -0.1) is 0 Å². The highest BCUT2D eigenvalue weighted by Gasteiger charge is 2.30. The molecule has 1 saturated heterocycles. The van der Waals surface area contributed by atoms with Crippen LogP contribution < -0.4 is 10.2 Å². The van der Waals surface area contributed by atoms with Gasteiger partial charge < -0.3 is 15.3 Å². The molecule has 1 amide bonds. The van der Waals surface area contributed by atoms with Crippen molar-refractivity contribution in [3.8, 4) is 0 Å². The van der Waals surface area contributed by atoms with E-state index in [9.17, 15) is 9.90 Å². The van der Waals surface area contributed by atoms with Crippen LogP contribution in [0, 0.1) is 12.8 Å². The van der Waals surface area contributed by atoms with Crippen molar-refractivity contribution in [2.24, 2.45) is 5.92 Å². The lowest BCUT2D eigenvalue weighted by molar-refractivity contribution is -0.122. The Hall–Kier alpha value is -1.55. The molecule has 0 saturated carbocycles. The van der Waals surface area contributed by atoms with Gasteiger partial charge in [0.25, 0.3) is 0 Å². The summed E-state index contributed by atoms with van der Waals surface area (Å²) in [6, 6.07) is 7.48. The molecule has 2 unspecified atom stereocenters. The normalized spacial score (nSPS) is 24.6. The molecule has 98 valence electrons. The fourth-order valence-corrected chi connectivity index (χ4v) is 2.40. The largest absolute Gasteiger partial charge is 0.394 e. The molecule has 4 heteroatoms. The number of aryl methyl sites for hydroxylation is 1. The molecule has 1 aromatic carbocycles. The molecule has 1 aliphatic rings. The van der Waals surface area contributed by atoms with Crippen molar-refractivity contribution in [3.63, 3.8) is 0 Å². The smallest absolute Gasteiger partial charge is 0.245 e. The summed E-state index contributed by atoms with van der Waals surface area (Å²) in [5, 5.41) is 12.4. The summed E-state index contributed by atoms with van der Waals surface area (Å²) >= 11 is 0. The molecular weight excluding hydrogens is 228 g/mol. The number of amides is 1. The van der Waals surface area contributed by atoms with E-state index in [1.165, 1.54) is 0 Å². The van der Waals surface area contributed by atoms with Gasteiger partial charge in [0.15, 0.2) is 0 Å². The highest BCUT2D eigenvalue weighted by Crippen LogP contribution is 2.24. The number of anilines is 1. The van der Waals surface area contributed by atoms with Crippen molar-refractivity contribution < 1.29 is 9.90 Å². The van der Waals surface area contributed by atoms with E-state index in [0.717, 1.165) is 17.8 Å². The zero-order valence-electron chi connectivity index (χ0n) is 10.9. The zero-order chi connectivity index (χ0) is 13.1. The van der Waals surface area contributed by atoms with Crippen LogP contribution >= 0.6 is 0 Å². The van der Waals surface area contributed by atoms with Gasteiger partial charge in [-0.2, -0.15) is 0 Å². The van der Waals surface area contributed by atoms with Gasteiger partial charge >= 0.3 is 0 Å². The van der Waals surface area contributed by atoms with Gasteiger partial charge in [0, 0.05) is 18.8 Å². The molecule has 2 N–H and O–H groups in total. The Morgan fingerprint density at radius 1 is 1.44 bits per heavy atom. The molecule has 2 atom stereocenters. The standard InChI is InChI=1S/C14H20N2O2/c1-10-7-15-14(18)13(9-17)16(8-10)12-6-4-3-5-11(12)2/h3-6,10,13,17H,7-9H2,1-2H3,(H,15,18). The number of hydrogen-bond acceptors (Lipinski definition) is 3. The first-order chi connectivity index (χ1) is 8.63. The van der Waals surface area contributed by atoms with Crippen LogP contribution in [0.3, 0.4) is 0 Å². The van der Waals surface area contributed by atoms with Crippen LogP contribution in [-0.4, -0.2) is 36.8 Å². The Balaban J connectivity index is 2.37. The predicted octanol–water partition coefficient (Wildman–Crippen LogP) is 0.928. The summed E-state index contributed by atoms with van der Waals surface area (Å²) in [5.74, 6) is 0.273. The Labute approximate surface area is 108 Å². The van der Waals surface area contributed by atoms with Crippen molar-refractivity contribution in [2.75, 3.05) is 24.6 Å². The SMILES string of the molecule is Cc1ccccc1N1CC(C)CNC(=O)C1CO. The first kappa shape index (κ1) is 12.9. The Kier molecular flexibility index (Phi) is 3.87. The number of para-hydroxylation sites is 1. The van der Waals surface area contributed by atoms with Crippen LogP contribution in [0.4, 0.5) is 5.69 Å². The summed E-state index contributed by atoms with van der Waals surface area (Å²) in [6.07, 6.45) is 0. The first-order valence-electron chi connectivity index (χ1n) is 6.34. The third-order valence-corrected chi connectivity index (χ3v) is 3.41. The molecule has 1 aromatic rings. The zero-order valence-corrected chi connectivity index (χ0v) is 10.9. The Bertz CT molecular complexity index is 434. The van der Waals surface area contributed by atoms with Crippen LogP contribution in [-0.2, 0) is 4.79 Å². The number of carbonyl (C=O) groups excluding carboxylic acids is 1. The number of aliphatic hydroxyl groups excluding tert-OH is 1. The third-order valence-electron chi connectivity index (χ3n) is 3.41. The van der Waals surface area contributed by atoms with Gasteiger partial charge in [0.1, 0.15) is 6.04 Å². The van der Waals surface area contributed by atoms with Crippen molar-refractivity contribution >= 4 is 11.6 Å². The molecule has 0 aliphatic carbocycles. The van der Waals surface area contributed by atoms with Gasteiger partial charge in [-0.1, -0.05) is 25.1 Å². The number of aliphatic hydroxyl groups is 1. The van der Waals surface area contributed by atoms with Crippen molar-refractivity contribution in [3.05, 3.63) is 29.8 Å². The minimum Gasteiger partial charge on any atom is -0.394 e. The maximum atomic E-state index is 12.0. The maximum Gasteiger partial charge on any atom is 0.245 e. The minimum atomic E-state index is -0.490. The fraction of sp³-hybridized carbons (Fsp3) is 0.500. The lowest BCUT2D eigenvalue weighted by atomic mass is 10.1. The van der Waals surface area contributed by atoms with Crippen molar-refractivity contribution in [1.29, 1.82) is 0 Å². The Morgan fingerprint density at radius 3 is 2.83 bits per heavy atom. The van der Waals surface area contributed by atoms with Crippen LogP contribution in [0.2, 0.25) is 0 Å². The second-order valence-corrected chi connectivity index (χ2v) is 4.99. The average Bonchev–Trinajstić information content (AvgIpc) is 2.50. The molecule has 4 nitrogen and oxygen atoms in total. The molecular formula is C14H20N2O2. The summed E-state index contributed by atoms with van der Waals surface area (Å²) in [5.41, 5.74) is 2.15. The number of nitrogens with zero attached hydrogens (tertiary/aromatic N) is 1. The molecule has 2 rings (SSSR count). The topological polar surface area (TPSA) is 52.6 Å². The van der Waals surface area contributed by atoms with Crippen molar-refractivity contribution in [2.45, 2.75) is 19.9 Å². The van der Waals surface area contributed by atoms with Gasteiger partial charge in [-0.05, 0) is 24.5 Å².